The third kappa shape index (κ3) is 5.24. The molecule has 0 aromatic heterocycles. The monoisotopic (exact) mass is 187 g/mol. The van der Waals surface area contributed by atoms with Gasteiger partial charge in [-0.1, -0.05) is 0 Å². The first-order chi connectivity index (χ1) is 6.29. The normalized spacial score (nSPS) is 29.5. The minimum absolute atomic E-state index is 0.546. The maximum absolute atomic E-state index is 5.15. The summed E-state index contributed by atoms with van der Waals surface area (Å²) in [7, 11) is 2.11. The van der Waals surface area contributed by atoms with Gasteiger partial charge in [0.25, 0.3) is 0 Å². The Labute approximate surface area is 81.0 Å². The van der Waals surface area contributed by atoms with Crippen LogP contribution in [0, 0.1) is 0 Å². The van der Waals surface area contributed by atoms with Gasteiger partial charge in [-0.3, -0.25) is 0 Å². The van der Waals surface area contributed by atoms with E-state index in [4.69, 9.17) is 9.47 Å². The van der Waals surface area contributed by atoms with Crippen LogP contribution in [0.15, 0.2) is 0 Å². The zero-order valence-corrected chi connectivity index (χ0v) is 8.79. The summed E-state index contributed by atoms with van der Waals surface area (Å²) < 4.78 is 10.3. The minimum Gasteiger partial charge on any atom is -0.379 e. The fourth-order valence-electron chi connectivity index (χ4n) is 1.39. The highest BCUT2D eigenvalue weighted by molar-refractivity contribution is 4.56. The summed E-state index contributed by atoms with van der Waals surface area (Å²) >= 11 is 0. The van der Waals surface area contributed by atoms with Crippen molar-refractivity contribution in [3.05, 3.63) is 0 Å². The Morgan fingerprint density at radius 1 is 1.15 bits per heavy atom. The smallest absolute Gasteiger partial charge is 0.0594 e. The molecule has 2 aliphatic heterocycles. The van der Waals surface area contributed by atoms with Gasteiger partial charge in [0.05, 0.1) is 19.3 Å². The maximum Gasteiger partial charge on any atom is 0.0594 e. The van der Waals surface area contributed by atoms with Gasteiger partial charge in [-0.15, -0.1) is 0 Å². The fourth-order valence-corrected chi connectivity index (χ4v) is 1.39. The first-order valence-electron chi connectivity index (χ1n) is 5.17. The van der Waals surface area contributed by atoms with Crippen LogP contribution in [0.5, 0.6) is 0 Å². The molecule has 0 N–H and O–H groups in total. The zero-order valence-electron chi connectivity index (χ0n) is 8.79. The van der Waals surface area contributed by atoms with Gasteiger partial charge in [-0.25, -0.2) is 0 Å². The molecule has 2 rings (SSSR count). The Balaban J connectivity index is 0.000000132. The molecule has 1 atom stereocenters. The maximum atomic E-state index is 5.15. The van der Waals surface area contributed by atoms with E-state index >= 15 is 0 Å². The van der Waals surface area contributed by atoms with Crippen molar-refractivity contribution in [1.29, 1.82) is 0 Å². The molecule has 0 spiro atoms. The molecule has 13 heavy (non-hydrogen) atoms. The van der Waals surface area contributed by atoms with Gasteiger partial charge in [0.1, 0.15) is 0 Å². The quantitative estimate of drug-likeness (QED) is 0.567. The average Bonchev–Trinajstić information content (AvgIpc) is 2.58. The standard InChI is InChI=1S/C5H11NO.C5H10O/c1-6-2-4-7-5-3-6;1-5-3-2-4-6-5/h2-5H2,1H3;5H,2-4H2,1H3. The Hall–Kier alpha value is -0.120. The second kappa shape index (κ2) is 6.35. The first kappa shape index (κ1) is 11.0. The SMILES string of the molecule is CC1CCCO1.CN1CCOCC1. The molecule has 0 bridgehead atoms. The highest BCUT2D eigenvalue weighted by Gasteiger charge is 2.07. The number of likely N-dealkylation sites (N-methyl/N-ethyl adjacent to an activating group) is 1. The molecule has 0 amide bonds. The molecule has 3 nitrogen and oxygen atoms in total. The van der Waals surface area contributed by atoms with Gasteiger partial charge in [0.15, 0.2) is 0 Å². The first-order valence-corrected chi connectivity index (χ1v) is 5.17. The largest absolute Gasteiger partial charge is 0.379 e. The van der Waals surface area contributed by atoms with Gasteiger partial charge < -0.3 is 14.4 Å². The van der Waals surface area contributed by atoms with E-state index in [9.17, 15) is 0 Å². The van der Waals surface area contributed by atoms with Crippen molar-refractivity contribution >= 4 is 0 Å². The van der Waals surface area contributed by atoms with Crippen LogP contribution in [0.3, 0.4) is 0 Å². The topological polar surface area (TPSA) is 21.7 Å². The molecule has 2 saturated heterocycles. The average molecular weight is 187 g/mol. The molecule has 0 radical (unpaired) electrons. The molecule has 0 aromatic carbocycles. The molecule has 1 unspecified atom stereocenters. The molecule has 2 heterocycles. The summed E-state index contributed by atoms with van der Waals surface area (Å²) in [4.78, 5) is 2.27. The highest BCUT2D eigenvalue weighted by atomic mass is 16.5. The summed E-state index contributed by atoms with van der Waals surface area (Å²) in [5.41, 5.74) is 0. The second-order valence-corrected chi connectivity index (χ2v) is 3.74. The van der Waals surface area contributed by atoms with Crippen LogP contribution in [0.4, 0.5) is 0 Å². The van der Waals surface area contributed by atoms with Gasteiger partial charge in [0.2, 0.25) is 0 Å². The van der Waals surface area contributed by atoms with E-state index in [1.807, 2.05) is 0 Å². The summed E-state index contributed by atoms with van der Waals surface area (Å²) in [6.45, 7) is 7.13. The lowest BCUT2D eigenvalue weighted by molar-refractivity contribution is 0.0503. The van der Waals surface area contributed by atoms with Gasteiger partial charge in [-0.05, 0) is 26.8 Å². The Morgan fingerprint density at radius 3 is 2.08 bits per heavy atom. The number of ether oxygens (including phenoxy) is 2. The predicted molar refractivity (Wildman–Crippen MR) is 53.0 cm³/mol. The number of morpholine rings is 1. The van der Waals surface area contributed by atoms with Crippen LogP contribution in [0.1, 0.15) is 19.8 Å². The lowest BCUT2D eigenvalue weighted by Gasteiger charge is -2.21. The van der Waals surface area contributed by atoms with Crippen molar-refractivity contribution in [1.82, 2.24) is 4.90 Å². The molecule has 0 aromatic rings. The molecule has 0 aliphatic carbocycles. The van der Waals surface area contributed by atoms with Crippen LogP contribution >= 0.6 is 0 Å². The molecule has 2 fully saturated rings. The summed E-state index contributed by atoms with van der Waals surface area (Å²) in [6.07, 6.45) is 3.08. The van der Waals surface area contributed by atoms with Crippen molar-refractivity contribution in [2.45, 2.75) is 25.9 Å². The van der Waals surface area contributed by atoms with Crippen LogP contribution < -0.4 is 0 Å². The summed E-state index contributed by atoms with van der Waals surface area (Å²) in [5.74, 6) is 0. The second-order valence-electron chi connectivity index (χ2n) is 3.74. The number of nitrogens with zero attached hydrogens (tertiary/aromatic N) is 1. The molecule has 78 valence electrons. The van der Waals surface area contributed by atoms with E-state index in [-0.39, 0.29) is 0 Å². The van der Waals surface area contributed by atoms with E-state index in [1.165, 1.54) is 12.8 Å². The Morgan fingerprint density at radius 2 is 1.85 bits per heavy atom. The predicted octanol–water partition coefficient (Wildman–Crippen LogP) is 1.13. The van der Waals surface area contributed by atoms with E-state index < -0.39 is 0 Å². The van der Waals surface area contributed by atoms with Crippen molar-refractivity contribution in [2.75, 3.05) is 40.0 Å². The van der Waals surface area contributed by atoms with Crippen molar-refractivity contribution < 1.29 is 9.47 Å². The van der Waals surface area contributed by atoms with E-state index in [1.54, 1.807) is 0 Å². The zero-order chi connectivity index (χ0) is 9.52. The fraction of sp³-hybridized carbons (Fsp3) is 1.00. The van der Waals surface area contributed by atoms with Crippen LogP contribution in [-0.2, 0) is 9.47 Å². The van der Waals surface area contributed by atoms with Crippen LogP contribution in [0.2, 0.25) is 0 Å². The molecule has 2 aliphatic rings. The number of hydrogen-bond donors (Lipinski definition) is 0. The van der Waals surface area contributed by atoms with Gasteiger partial charge >= 0.3 is 0 Å². The third-order valence-electron chi connectivity index (χ3n) is 2.39. The van der Waals surface area contributed by atoms with Crippen LogP contribution in [-0.4, -0.2) is 51.0 Å². The minimum atomic E-state index is 0.546. The van der Waals surface area contributed by atoms with E-state index in [0.717, 1.165) is 32.9 Å². The Kier molecular flexibility index (Phi) is 5.35. The summed E-state index contributed by atoms with van der Waals surface area (Å²) in [5, 5.41) is 0. The summed E-state index contributed by atoms with van der Waals surface area (Å²) in [6, 6.07) is 0. The van der Waals surface area contributed by atoms with Gasteiger partial charge in [-0.2, -0.15) is 0 Å². The molecular weight excluding hydrogens is 166 g/mol. The van der Waals surface area contributed by atoms with E-state index in [2.05, 4.69) is 18.9 Å². The number of rotatable bonds is 0. The molecule has 0 saturated carbocycles. The molecule has 3 heteroatoms. The van der Waals surface area contributed by atoms with Crippen LogP contribution in [0.25, 0.3) is 0 Å². The van der Waals surface area contributed by atoms with Crippen molar-refractivity contribution in [3.8, 4) is 0 Å². The lowest BCUT2D eigenvalue weighted by atomic mass is 10.3. The van der Waals surface area contributed by atoms with E-state index in [0.29, 0.717) is 6.10 Å². The highest BCUT2D eigenvalue weighted by Crippen LogP contribution is 2.09. The van der Waals surface area contributed by atoms with Crippen molar-refractivity contribution in [2.24, 2.45) is 0 Å². The van der Waals surface area contributed by atoms with Gasteiger partial charge in [0, 0.05) is 19.7 Å². The third-order valence-corrected chi connectivity index (χ3v) is 2.39. The molecular formula is C10H21NO2. The van der Waals surface area contributed by atoms with Crippen molar-refractivity contribution in [3.63, 3.8) is 0 Å². The Bertz CT molecular complexity index is 118. The lowest BCUT2D eigenvalue weighted by Crippen LogP contribution is -2.32. The number of hydrogen-bond acceptors (Lipinski definition) is 3.